The predicted molar refractivity (Wildman–Crippen MR) is 143 cm³/mol. The molecule has 5 rings (SSSR count). The van der Waals surface area contributed by atoms with Gasteiger partial charge < -0.3 is 30.1 Å². The van der Waals surface area contributed by atoms with Gasteiger partial charge in [-0.25, -0.2) is 14.6 Å². The Morgan fingerprint density at radius 3 is 2.84 bits per heavy atom. The normalized spacial score (nSPS) is 28.7. The molecule has 202 valence electrons. The molecule has 4 unspecified atom stereocenters. The van der Waals surface area contributed by atoms with Gasteiger partial charge in [0.2, 0.25) is 11.8 Å². The number of aromatic nitrogens is 1. The molecule has 2 aromatic rings. The number of halogens is 1. The molecule has 1 aromatic heterocycles. The van der Waals surface area contributed by atoms with Crippen LogP contribution in [0.25, 0.3) is 10.8 Å². The van der Waals surface area contributed by atoms with Crippen LogP contribution in [0.2, 0.25) is 0 Å². The van der Waals surface area contributed by atoms with E-state index in [0.29, 0.717) is 24.6 Å². The minimum Gasteiger partial charge on any atom is -0.496 e. The van der Waals surface area contributed by atoms with Crippen LogP contribution in [0.1, 0.15) is 38.5 Å². The minimum atomic E-state index is -1.34. The second-order valence-electron chi connectivity index (χ2n) is 10.0. The number of nitrogens with zero attached hydrogens (tertiary/aromatic N) is 2. The molecule has 4 atom stereocenters. The number of carbonyl (C=O) groups excluding carboxylic acids is 2. The number of allylic oxidation sites excluding steroid dienone is 1. The molecule has 0 spiro atoms. The van der Waals surface area contributed by atoms with E-state index in [-0.39, 0.29) is 24.9 Å². The lowest BCUT2D eigenvalue weighted by molar-refractivity contribution is -0.144. The van der Waals surface area contributed by atoms with E-state index < -0.39 is 29.6 Å². The maximum atomic E-state index is 13.4. The predicted octanol–water partition coefficient (Wildman–Crippen LogP) is 3.63. The molecule has 1 saturated heterocycles. The van der Waals surface area contributed by atoms with Gasteiger partial charge in [-0.3, -0.25) is 4.79 Å². The number of nitrogens with one attached hydrogen (secondary N) is 2. The number of hydrogen-bond acceptors (Lipinski definition) is 6. The highest BCUT2D eigenvalue weighted by atomic mass is 79.9. The molecule has 1 saturated carbocycles. The topological polar surface area (TPSA) is 130 Å². The number of methoxy groups -OCH3 is 1. The quantitative estimate of drug-likeness (QED) is 0.466. The van der Waals surface area contributed by atoms with Gasteiger partial charge in [-0.1, -0.05) is 18.6 Å². The SMILES string of the molecule is COc1ccc2c(OC3CC4C(=O)NC5(C(=O)O)CC5/C=C/CCCCCNC(=O)N4C3)nccc2c1Br. The van der Waals surface area contributed by atoms with E-state index >= 15 is 0 Å². The zero-order chi connectivity index (χ0) is 26.9. The van der Waals surface area contributed by atoms with Crippen LogP contribution in [0, 0.1) is 5.92 Å². The molecule has 2 aliphatic heterocycles. The van der Waals surface area contributed by atoms with Gasteiger partial charge in [-0.2, -0.15) is 0 Å². The van der Waals surface area contributed by atoms with Crippen molar-refractivity contribution in [2.45, 2.75) is 56.2 Å². The second-order valence-corrected chi connectivity index (χ2v) is 10.8. The van der Waals surface area contributed by atoms with Crippen molar-refractivity contribution < 1.29 is 29.0 Å². The Kier molecular flexibility index (Phi) is 7.47. The summed E-state index contributed by atoms with van der Waals surface area (Å²) in [5, 5.41) is 17.2. The summed E-state index contributed by atoms with van der Waals surface area (Å²) in [4.78, 5) is 44.6. The second kappa shape index (κ2) is 10.8. The minimum absolute atomic E-state index is 0.169. The fourth-order valence-corrected chi connectivity index (χ4v) is 5.96. The third kappa shape index (κ3) is 5.03. The summed E-state index contributed by atoms with van der Waals surface area (Å²) < 4.78 is 12.4. The van der Waals surface area contributed by atoms with Crippen molar-refractivity contribution in [2.24, 2.45) is 5.92 Å². The van der Waals surface area contributed by atoms with Crippen LogP contribution >= 0.6 is 15.9 Å². The van der Waals surface area contributed by atoms with Gasteiger partial charge >= 0.3 is 12.0 Å². The van der Waals surface area contributed by atoms with E-state index in [2.05, 4.69) is 31.5 Å². The van der Waals surface area contributed by atoms with Crippen LogP contribution in [0.15, 0.2) is 41.0 Å². The Hall–Kier alpha value is -3.34. The third-order valence-corrected chi connectivity index (χ3v) is 8.38. The van der Waals surface area contributed by atoms with Crippen molar-refractivity contribution in [1.82, 2.24) is 20.5 Å². The van der Waals surface area contributed by atoms with Crippen molar-refractivity contribution in [3.63, 3.8) is 0 Å². The van der Waals surface area contributed by atoms with Crippen LogP contribution in [-0.2, 0) is 9.59 Å². The van der Waals surface area contributed by atoms with Gasteiger partial charge in [0.1, 0.15) is 23.4 Å². The molecule has 3 N–H and O–H groups in total. The monoisotopic (exact) mass is 586 g/mol. The number of fused-ring (bicyclic) bond motifs is 3. The lowest BCUT2D eigenvalue weighted by Crippen LogP contribution is -2.54. The van der Waals surface area contributed by atoms with Crippen LogP contribution in [-0.4, -0.2) is 70.8 Å². The number of aliphatic carboxylic acids is 1. The highest BCUT2D eigenvalue weighted by Crippen LogP contribution is 2.45. The maximum Gasteiger partial charge on any atom is 0.330 e. The molecule has 11 heteroatoms. The van der Waals surface area contributed by atoms with Gasteiger partial charge in [0.25, 0.3) is 0 Å². The largest absolute Gasteiger partial charge is 0.496 e. The van der Waals surface area contributed by atoms with E-state index in [4.69, 9.17) is 9.47 Å². The Bertz CT molecular complexity index is 1290. The van der Waals surface area contributed by atoms with Gasteiger partial charge in [0.15, 0.2) is 0 Å². The first-order valence-corrected chi connectivity index (χ1v) is 13.7. The molecule has 1 aromatic carbocycles. The third-order valence-electron chi connectivity index (χ3n) is 7.57. The summed E-state index contributed by atoms with van der Waals surface area (Å²) in [5.74, 6) is -0.755. The first kappa shape index (κ1) is 26.3. The standard InChI is InChI=1S/C27H31BrN4O6/c1-37-21-9-8-19-18(22(21)28)10-12-29-24(19)38-17-13-20-23(33)31-27(25(34)35)14-16(27)7-5-3-2-4-6-11-30-26(36)32(20)15-17/h5,7-10,12,16-17,20H,2-4,6,11,13-15H2,1H3,(H,30,36)(H,31,33)(H,34,35)/b7-5+. The Labute approximate surface area is 228 Å². The zero-order valence-electron chi connectivity index (χ0n) is 21.1. The van der Waals surface area contributed by atoms with Crippen molar-refractivity contribution in [2.75, 3.05) is 20.2 Å². The van der Waals surface area contributed by atoms with E-state index in [1.165, 1.54) is 4.90 Å². The summed E-state index contributed by atoms with van der Waals surface area (Å²) in [6, 6.07) is 4.28. The molecule has 3 heterocycles. The van der Waals surface area contributed by atoms with Crippen molar-refractivity contribution in [3.8, 4) is 11.6 Å². The number of pyridine rings is 1. The molecule has 3 aliphatic rings. The molecule has 1 aliphatic carbocycles. The molecular weight excluding hydrogens is 556 g/mol. The lowest BCUT2D eigenvalue weighted by Gasteiger charge is -2.25. The lowest BCUT2D eigenvalue weighted by atomic mass is 10.1. The van der Waals surface area contributed by atoms with E-state index in [9.17, 15) is 19.5 Å². The summed E-state index contributed by atoms with van der Waals surface area (Å²) in [6.07, 6.45) is 9.13. The molecular formula is C27H31BrN4O6. The summed E-state index contributed by atoms with van der Waals surface area (Å²) in [5.41, 5.74) is -1.34. The maximum absolute atomic E-state index is 13.4. The fraction of sp³-hybridized carbons (Fsp3) is 0.481. The average molecular weight is 587 g/mol. The molecule has 38 heavy (non-hydrogen) atoms. The van der Waals surface area contributed by atoms with Crippen LogP contribution in [0.5, 0.6) is 11.6 Å². The number of urea groups is 1. The van der Waals surface area contributed by atoms with Crippen LogP contribution in [0.3, 0.4) is 0 Å². The fourth-order valence-electron chi connectivity index (χ4n) is 5.32. The number of rotatable bonds is 4. The number of carboxylic acid groups (broad SMARTS) is 1. The molecule has 3 amide bonds. The van der Waals surface area contributed by atoms with Gasteiger partial charge in [0.05, 0.1) is 18.1 Å². The smallest absolute Gasteiger partial charge is 0.330 e. The van der Waals surface area contributed by atoms with Crippen molar-refractivity contribution >= 4 is 44.6 Å². The van der Waals surface area contributed by atoms with Gasteiger partial charge in [0, 0.05) is 35.9 Å². The zero-order valence-corrected chi connectivity index (χ0v) is 22.7. The van der Waals surface area contributed by atoms with E-state index in [1.807, 2.05) is 30.4 Å². The number of hydrogen-bond donors (Lipinski definition) is 3. The molecule has 0 bridgehead atoms. The molecule has 10 nitrogen and oxygen atoms in total. The molecule has 0 radical (unpaired) electrons. The van der Waals surface area contributed by atoms with E-state index in [0.717, 1.165) is 40.9 Å². The van der Waals surface area contributed by atoms with Gasteiger partial charge in [-0.15, -0.1) is 0 Å². The Balaban J connectivity index is 1.39. The summed E-state index contributed by atoms with van der Waals surface area (Å²) in [7, 11) is 1.59. The molecule has 2 fully saturated rings. The average Bonchev–Trinajstić information content (AvgIpc) is 3.43. The Morgan fingerprint density at radius 2 is 2.05 bits per heavy atom. The first-order chi connectivity index (χ1) is 18.3. The highest BCUT2D eigenvalue weighted by molar-refractivity contribution is 9.10. The first-order valence-electron chi connectivity index (χ1n) is 12.9. The summed E-state index contributed by atoms with van der Waals surface area (Å²) in [6.45, 7) is 0.671. The van der Waals surface area contributed by atoms with Gasteiger partial charge in [-0.05, 0) is 59.8 Å². The van der Waals surface area contributed by atoms with Crippen LogP contribution in [0.4, 0.5) is 4.79 Å². The van der Waals surface area contributed by atoms with E-state index in [1.54, 1.807) is 13.3 Å². The van der Waals surface area contributed by atoms with Crippen molar-refractivity contribution in [1.29, 1.82) is 0 Å². The Morgan fingerprint density at radius 1 is 1.21 bits per heavy atom. The van der Waals surface area contributed by atoms with Crippen LogP contribution < -0.4 is 20.1 Å². The number of carbonyl (C=O) groups is 3. The number of amides is 3. The number of ether oxygens (including phenoxy) is 2. The number of benzene rings is 1. The van der Waals surface area contributed by atoms with Crippen molar-refractivity contribution in [3.05, 3.63) is 41.0 Å². The summed E-state index contributed by atoms with van der Waals surface area (Å²) >= 11 is 3.57. The highest BCUT2D eigenvalue weighted by Gasteiger charge is 2.61. The number of carboxylic acids is 1.